The number of phosphoric ester groups is 1. The fourth-order valence-electron chi connectivity index (χ4n) is 1.15. The van der Waals surface area contributed by atoms with Crippen LogP contribution in [0.5, 0.6) is 5.75 Å². The summed E-state index contributed by atoms with van der Waals surface area (Å²) in [5.74, 6) is 2.88. The molecule has 0 radical (unpaired) electrons. The molecule has 17 heavy (non-hydrogen) atoms. The lowest BCUT2D eigenvalue weighted by Crippen LogP contribution is -2.02. The fraction of sp³-hybridized carbons (Fsp3) is 0.333. The summed E-state index contributed by atoms with van der Waals surface area (Å²) in [4.78, 5) is 0. The molecule has 92 valence electrons. The molecule has 0 N–H and O–H groups in total. The lowest BCUT2D eigenvalue weighted by Gasteiger charge is -2.16. The van der Waals surface area contributed by atoms with E-state index in [1.807, 2.05) is 0 Å². The Kier molecular flexibility index (Phi) is 5.24. The number of phosphoric acid groups is 1. The molecule has 0 aliphatic carbocycles. The van der Waals surface area contributed by atoms with Crippen molar-refractivity contribution in [3.63, 3.8) is 0 Å². The molecule has 0 aromatic heterocycles. The molecular formula is C12H15O4P. The molecule has 0 aliphatic heterocycles. The summed E-state index contributed by atoms with van der Waals surface area (Å²) in [5.41, 5.74) is 0.722. The topological polar surface area (TPSA) is 44.8 Å². The molecule has 0 fully saturated rings. The lowest BCUT2D eigenvalue weighted by molar-refractivity contribution is 0.167. The third kappa shape index (κ3) is 4.24. The molecule has 0 atom stereocenters. The first-order valence-electron chi connectivity index (χ1n) is 5.29. The van der Waals surface area contributed by atoms with Crippen LogP contribution in [0.25, 0.3) is 0 Å². The van der Waals surface area contributed by atoms with Crippen molar-refractivity contribution < 1.29 is 18.1 Å². The van der Waals surface area contributed by atoms with E-state index in [1.165, 1.54) is 0 Å². The van der Waals surface area contributed by atoms with E-state index in [2.05, 4.69) is 5.92 Å². The van der Waals surface area contributed by atoms with Crippen molar-refractivity contribution >= 4 is 7.82 Å². The van der Waals surface area contributed by atoms with Crippen LogP contribution < -0.4 is 4.52 Å². The van der Waals surface area contributed by atoms with Gasteiger partial charge in [0.15, 0.2) is 0 Å². The Bertz CT molecular complexity index is 423. The highest BCUT2D eigenvalue weighted by atomic mass is 31.2. The summed E-state index contributed by atoms with van der Waals surface area (Å²) >= 11 is 0. The second-order valence-electron chi connectivity index (χ2n) is 3.04. The lowest BCUT2D eigenvalue weighted by atomic mass is 10.2. The zero-order chi connectivity index (χ0) is 12.7. The third-order valence-electron chi connectivity index (χ3n) is 1.81. The first-order valence-corrected chi connectivity index (χ1v) is 6.75. The van der Waals surface area contributed by atoms with Gasteiger partial charge in [0.2, 0.25) is 0 Å². The van der Waals surface area contributed by atoms with Gasteiger partial charge in [-0.3, -0.25) is 9.05 Å². The second-order valence-corrected chi connectivity index (χ2v) is 4.64. The molecule has 5 heteroatoms. The average Bonchev–Trinajstić information content (AvgIpc) is 2.30. The molecule has 0 aliphatic rings. The Morgan fingerprint density at radius 2 is 1.71 bits per heavy atom. The van der Waals surface area contributed by atoms with Gasteiger partial charge in [0.1, 0.15) is 5.75 Å². The monoisotopic (exact) mass is 254 g/mol. The van der Waals surface area contributed by atoms with Crippen molar-refractivity contribution in [2.45, 2.75) is 13.8 Å². The molecule has 0 saturated carbocycles. The first kappa shape index (κ1) is 13.8. The SMILES string of the molecule is C#Cc1ccc(OP(=O)(OCC)OCC)cc1. The summed E-state index contributed by atoms with van der Waals surface area (Å²) in [7, 11) is -3.52. The molecule has 0 bridgehead atoms. The van der Waals surface area contributed by atoms with Crippen molar-refractivity contribution in [1.29, 1.82) is 0 Å². The summed E-state index contributed by atoms with van der Waals surface area (Å²) < 4.78 is 27.3. The number of benzene rings is 1. The van der Waals surface area contributed by atoms with E-state index in [4.69, 9.17) is 20.0 Å². The van der Waals surface area contributed by atoms with Gasteiger partial charge in [0.05, 0.1) is 13.2 Å². The Morgan fingerprint density at radius 1 is 1.18 bits per heavy atom. The van der Waals surface area contributed by atoms with Crippen LogP contribution in [0.15, 0.2) is 24.3 Å². The van der Waals surface area contributed by atoms with E-state index in [0.717, 1.165) is 5.56 Å². The Morgan fingerprint density at radius 3 is 2.12 bits per heavy atom. The van der Waals surface area contributed by atoms with Gasteiger partial charge in [-0.2, -0.15) is 0 Å². The van der Waals surface area contributed by atoms with Gasteiger partial charge in [-0.1, -0.05) is 5.92 Å². The van der Waals surface area contributed by atoms with E-state index in [9.17, 15) is 4.57 Å². The zero-order valence-electron chi connectivity index (χ0n) is 9.88. The molecule has 1 rings (SSSR count). The van der Waals surface area contributed by atoms with Crippen molar-refractivity contribution in [1.82, 2.24) is 0 Å². The quantitative estimate of drug-likeness (QED) is 0.577. The average molecular weight is 254 g/mol. The maximum absolute atomic E-state index is 12.0. The van der Waals surface area contributed by atoms with E-state index < -0.39 is 7.82 Å². The van der Waals surface area contributed by atoms with E-state index in [-0.39, 0.29) is 13.2 Å². The molecule has 0 saturated heterocycles. The van der Waals surface area contributed by atoms with Gasteiger partial charge in [-0.25, -0.2) is 4.57 Å². The van der Waals surface area contributed by atoms with Gasteiger partial charge >= 0.3 is 7.82 Å². The van der Waals surface area contributed by atoms with Gasteiger partial charge in [0, 0.05) is 5.56 Å². The van der Waals surface area contributed by atoms with Crippen LogP contribution in [0, 0.1) is 12.3 Å². The fourth-order valence-corrected chi connectivity index (χ4v) is 2.34. The Balaban J connectivity index is 2.79. The third-order valence-corrected chi connectivity index (χ3v) is 3.40. The number of hydrogen-bond donors (Lipinski definition) is 0. The predicted molar refractivity (Wildman–Crippen MR) is 65.9 cm³/mol. The number of hydrogen-bond acceptors (Lipinski definition) is 4. The molecule has 0 spiro atoms. The molecule has 0 heterocycles. The smallest absolute Gasteiger partial charge is 0.404 e. The van der Waals surface area contributed by atoms with Crippen LogP contribution in [-0.2, 0) is 13.6 Å². The summed E-state index contributed by atoms with van der Waals surface area (Å²) in [6, 6.07) is 6.63. The maximum Gasteiger partial charge on any atom is 0.530 e. The van der Waals surface area contributed by atoms with Crippen molar-refractivity contribution in [2.24, 2.45) is 0 Å². The standard InChI is InChI=1S/C12H15O4P/c1-4-11-7-9-12(10-8-11)16-17(13,14-5-2)15-6-3/h1,7-10H,5-6H2,2-3H3. The maximum atomic E-state index is 12.0. The van der Waals surface area contributed by atoms with E-state index in [1.54, 1.807) is 38.1 Å². The highest BCUT2D eigenvalue weighted by molar-refractivity contribution is 7.48. The Labute approximate surface area is 102 Å². The van der Waals surface area contributed by atoms with Crippen LogP contribution in [0.1, 0.15) is 19.4 Å². The Hall–Kier alpha value is -1.27. The molecule has 0 unspecified atom stereocenters. The first-order chi connectivity index (χ1) is 8.13. The van der Waals surface area contributed by atoms with Crippen LogP contribution in [0.3, 0.4) is 0 Å². The van der Waals surface area contributed by atoms with Crippen molar-refractivity contribution in [2.75, 3.05) is 13.2 Å². The molecule has 4 nitrogen and oxygen atoms in total. The largest absolute Gasteiger partial charge is 0.530 e. The van der Waals surface area contributed by atoms with Crippen LogP contribution >= 0.6 is 7.82 Å². The van der Waals surface area contributed by atoms with Crippen LogP contribution in [0.2, 0.25) is 0 Å². The van der Waals surface area contributed by atoms with Gasteiger partial charge in [-0.15, -0.1) is 6.42 Å². The summed E-state index contributed by atoms with van der Waals surface area (Å²) in [6.07, 6.45) is 5.23. The van der Waals surface area contributed by atoms with Gasteiger partial charge < -0.3 is 4.52 Å². The van der Waals surface area contributed by atoms with Gasteiger partial charge in [-0.05, 0) is 38.1 Å². The number of rotatable bonds is 6. The minimum atomic E-state index is -3.52. The highest BCUT2D eigenvalue weighted by Gasteiger charge is 2.27. The van der Waals surface area contributed by atoms with E-state index in [0.29, 0.717) is 5.75 Å². The number of terminal acetylenes is 1. The normalized spacial score (nSPS) is 10.9. The highest BCUT2D eigenvalue weighted by Crippen LogP contribution is 2.49. The second kappa shape index (κ2) is 6.46. The molecule has 1 aromatic rings. The minimum absolute atomic E-state index is 0.250. The summed E-state index contributed by atoms with van der Waals surface area (Å²) in [6.45, 7) is 3.94. The van der Waals surface area contributed by atoms with Crippen LogP contribution in [-0.4, -0.2) is 13.2 Å². The molecular weight excluding hydrogens is 239 g/mol. The zero-order valence-corrected chi connectivity index (χ0v) is 10.8. The molecule has 1 aromatic carbocycles. The predicted octanol–water partition coefficient (Wildman–Crippen LogP) is 3.23. The van der Waals surface area contributed by atoms with E-state index >= 15 is 0 Å². The molecule has 0 amide bonds. The van der Waals surface area contributed by atoms with Crippen molar-refractivity contribution in [3.05, 3.63) is 29.8 Å². The van der Waals surface area contributed by atoms with Crippen LogP contribution in [0.4, 0.5) is 0 Å². The van der Waals surface area contributed by atoms with Crippen molar-refractivity contribution in [3.8, 4) is 18.1 Å². The summed E-state index contributed by atoms with van der Waals surface area (Å²) in [5, 5.41) is 0. The minimum Gasteiger partial charge on any atom is -0.404 e. The van der Waals surface area contributed by atoms with Gasteiger partial charge in [0.25, 0.3) is 0 Å².